The largest absolute Gasteiger partial charge is 0.492 e. The van der Waals surface area contributed by atoms with Crippen molar-refractivity contribution in [1.82, 2.24) is 10.2 Å². The number of hydrogen-bond acceptors (Lipinski definition) is 7. The number of ether oxygens (including phenoxy) is 1. The Balaban J connectivity index is 0.964. The molecule has 3 heterocycles. The maximum absolute atomic E-state index is 13.5. The van der Waals surface area contributed by atoms with Gasteiger partial charge in [-0.25, -0.2) is 0 Å². The fraction of sp³-hybridized carbons (Fsp3) is 0.350. The fourth-order valence-corrected chi connectivity index (χ4v) is 7.20. The van der Waals surface area contributed by atoms with E-state index in [0.29, 0.717) is 19.7 Å². The molecule has 2 N–H and O–H groups in total. The number of fused-ring (bicyclic) bond motifs is 2. The summed E-state index contributed by atoms with van der Waals surface area (Å²) < 4.78 is 6.03. The fourth-order valence-electron chi connectivity index (χ4n) is 7.20. The Labute approximate surface area is 289 Å². The molecule has 7 rings (SSSR count). The van der Waals surface area contributed by atoms with Gasteiger partial charge in [0.1, 0.15) is 24.6 Å². The third-order valence-corrected chi connectivity index (χ3v) is 9.95. The quantitative estimate of drug-likeness (QED) is 0.186. The van der Waals surface area contributed by atoms with Gasteiger partial charge in [0.2, 0.25) is 5.91 Å². The summed E-state index contributed by atoms with van der Waals surface area (Å²) in [6.45, 7) is 3.72. The van der Waals surface area contributed by atoms with Gasteiger partial charge >= 0.3 is 0 Å². The van der Waals surface area contributed by atoms with Gasteiger partial charge in [-0.15, -0.1) is 0 Å². The third-order valence-electron chi connectivity index (χ3n) is 9.95. The molecule has 3 aliphatic heterocycles. The van der Waals surface area contributed by atoms with Crippen LogP contribution in [0.3, 0.4) is 0 Å². The topological polar surface area (TPSA) is 80.4 Å². The van der Waals surface area contributed by atoms with Crippen LogP contribution in [0.5, 0.6) is 5.75 Å². The van der Waals surface area contributed by atoms with E-state index >= 15 is 0 Å². The van der Waals surface area contributed by atoms with E-state index in [9.17, 15) is 9.59 Å². The normalized spacial score (nSPS) is 17.7. The molecule has 49 heavy (non-hydrogen) atoms. The minimum atomic E-state index is -0.422. The van der Waals surface area contributed by atoms with Crippen molar-refractivity contribution in [2.24, 2.45) is 0 Å². The molecule has 0 aliphatic carbocycles. The highest BCUT2D eigenvalue weighted by molar-refractivity contribution is 6.10. The molecule has 4 aromatic carbocycles. The zero-order chi connectivity index (χ0) is 33.9. The molecular formula is C40H46N6O3. The summed E-state index contributed by atoms with van der Waals surface area (Å²) in [6, 6.07) is 30.1. The number of likely N-dealkylation sites (N-methyl/N-ethyl adjacent to an activating group) is 1. The predicted octanol–water partition coefficient (Wildman–Crippen LogP) is 6.59. The van der Waals surface area contributed by atoms with E-state index in [4.69, 9.17) is 4.74 Å². The lowest BCUT2D eigenvalue weighted by molar-refractivity contribution is -0.131. The monoisotopic (exact) mass is 658 g/mol. The van der Waals surface area contributed by atoms with E-state index < -0.39 is 6.04 Å². The van der Waals surface area contributed by atoms with E-state index in [2.05, 4.69) is 63.9 Å². The Morgan fingerprint density at radius 1 is 0.918 bits per heavy atom. The first-order valence-corrected chi connectivity index (χ1v) is 17.4. The van der Waals surface area contributed by atoms with Crippen LogP contribution < -0.4 is 30.1 Å². The molecule has 3 aliphatic rings. The van der Waals surface area contributed by atoms with Crippen molar-refractivity contribution in [2.75, 3.05) is 67.4 Å². The molecule has 0 spiro atoms. The molecule has 2 atom stereocenters. The zero-order valence-corrected chi connectivity index (χ0v) is 28.7. The number of carbonyl (C=O) groups excluding carboxylic acids is 2. The first kappa shape index (κ1) is 32.5. The van der Waals surface area contributed by atoms with Gasteiger partial charge in [-0.2, -0.15) is 0 Å². The number of hydrogen-bond donors (Lipinski definition) is 2. The van der Waals surface area contributed by atoms with Gasteiger partial charge in [0.25, 0.3) is 5.91 Å². The standard InChI is InChI=1S/C40H46N6O3/c1-43(2)40(48)37(28-11-7-6-8-12-28)41-21-24-49-33-17-13-29(14-18-33)38-42-35-20-16-32(26-36(35)44(38)3)46-27-30-25-31(15-19-34(30)39(46)47)45-22-9-4-5-10-23-45/h6-8,11-20,25-26,37-38,41-42H,4-5,9-10,21-24,27H2,1-3H3. The van der Waals surface area contributed by atoms with Gasteiger partial charge in [-0.05, 0) is 78.1 Å². The number of anilines is 4. The number of nitrogens with one attached hydrogen (secondary N) is 2. The molecule has 9 heteroatoms. The predicted molar refractivity (Wildman–Crippen MR) is 197 cm³/mol. The van der Waals surface area contributed by atoms with Crippen molar-refractivity contribution < 1.29 is 14.3 Å². The number of carbonyl (C=O) groups is 2. The highest BCUT2D eigenvalue weighted by Crippen LogP contribution is 2.43. The summed E-state index contributed by atoms with van der Waals surface area (Å²) in [4.78, 5) is 34.5. The van der Waals surface area contributed by atoms with Crippen LogP contribution in [0.1, 0.15) is 64.9 Å². The summed E-state index contributed by atoms with van der Waals surface area (Å²) in [6.07, 6.45) is 5.01. The highest BCUT2D eigenvalue weighted by atomic mass is 16.5. The Bertz CT molecular complexity index is 1790. The SMILES string of the molecule is CN(C)C(=O)C(NCCOc1ccc(C2Nc3ccc(N4Cc5cc(N6CCCCCC6)ccc5C4=O)cc3N2C)cc1)c1ccccc1. The molecular weight excluding hydrogens is 612 g/mol. The smallest absolute Gasteiger partial charge is 0.258 e. The Morgan fingerprint density at radius 3 is 2.39 bits per heavy atom. The van der Waals surface area contributed by atoms with Gasteiger partial charge in [-0.1, -0.05) is 55.3 Å². The maximum Gasteiger partial charge on any atom is 0.258 e. The number of benzene rings is 4. The Hall–Kier alpha value is -5.02. The van der Waals surface area contributed by atoms with Crippen molar-refractivity contribution in [3.8, 4) is 5.75 Å². The lowest BCUT2D eigenvalue weighted by atomic mass is 10.1. The molecule has 1 saturated heterocycles. The second-order valence-corrected chi connectivity index (χ2v) is 13.4. The third kappa shape index (κ3) is 6.81. The molecule has 0 radical (unpaired) electrons. The molecule has 0 aromatic heterocycles. The zero-order valence-electron chi connectivity index (χ0n) is 28.7. The van der Waals surface area contributed by atoms with E-state index in [1.165, 1.54) is 31.4 Å². The van der Waals surface area contributed by atoms with Crippen LogP contribution in [0.25, 0.3) is 0 Å². The number of rotatable bonds is 10. The van der Waals surface area contributed by atoms with Crippen molar-refractivity contribution in [1.29, 1.82) is 0 Å². The van der Waals surface area contributed by atoms with Crippen molar-refractivity contribution in [3.63, 3.8) is 0 Å². The first-order valence-electron chi connectivity index (χ1n) is 17.4. The van der Waals surface area contributed by atoms with Crippen LogP contribution in [0, 0.1) is 0 Å². The van der Waals surface area contributed by atoms with E-state index in [1.54, 1.807) is 19.0 Å². The van der Waals surface area contributed by atoms with Gasteiger partial charge in [-0.3, -0.25) is 14.9 Å². The van der Waals surface area contributed by atoms with Gasteiger partial charge in [0, 0.05) is 57.7 Å². The van der Waals surface area contributed by atoms with Crippen LogP contribution in [0.4, 0.5) is 22.7 Å². The average Bonchev–Trinajstić information content (AvgIpc) is 3.48. The minimum absolute atomic E-state index is 0.00566. The van der Waals surface area contributed by atoms with E-state index in [1.807, 2.05) is 59.5 Å². The lowest BCUT2D eigenvalue weighted by Crippen LogP contribution is -2.38. The van der Waals surface area contributed by atoms with Crippen LogP contribution >= 0.6 is 0 Å². The lowest BCUT2D eigenvalue weighted by Gasteiger charge is -2.24. The van der Waals surface area contributed by atoms with Gasteiger partial charge in [0.15, 0.2) is 0 Å². The van der Waals surface area contributed by atoms with Gasteiger partial charge < -0.3 is 29.7 Å². The van der Waals surface area contributed by atoms with Crippen LogP contribution in [-0.2, 0) is 11.3 Å². The Kier molecular flexibility index (Phi) is 9.44. The number of amides is 2. The minimum Gasteiger partial charge on any atom is -0.492 e. The summed E-state index contributed by atoms with van der Waals surface area (Å²) in [5.74, 6) is 0.839. The Morgan fingerprint density at radius 2 is 1.65 bits per heavy atom. The molecule has 2 unspecified atom stereocenters. The molecule has 1 fully saturated rings. The summed E-state index contributed by atoms with van der Waals surface area (Å²) in [7, 11) is 5.62. The molecule has 4 aromatic rings. The van der Waals surface area contributed by atoms with Crippen LogP contribution in [0.2, 0.25) is 0 Å². The van der Waals surface area contributed by atoms with E-state index in [-0.39, 0.29) is 18.0 Å². The number of nitrogens with zero attached hydrogens (tertiary/aromatic N) is 4. The first-order chi connectivity index (χ1) is 23.9. The van der Waals surface area contributed by atoms with Crippen molar-refractivity contribution in [2.45, 2.75) is 44.4 Å². The summed E-state index contributed by atoms with van der Waals surface area (Å²) >= 11 is 0. The van der Waals surface area contributed by atoms with Crippen molar-refractivity contribution in [3.05, 3.63) is 113 Å². The highest BCUT2D eigenvalue weighted by Gasteiger charge is 2.32. The molecule has 0 bridgehead atoms. The van der Waals surface area contributed by atoms with Crippen LogP contribution in [0.15, 0.2) is 91.0 Å². The second kappa shape index (κ2) is 14.2. The molecule has 9 nitrogen and oxygen atoms in total. The van der Waals surface area contributed by atoms with Crippen LogP contribution in [-0.4, -0.2) is 64.1 Å². The van der Waals surface area contributed by atoms with Gasteiger partial charge in [0.05, 0.1) is 17.9 Å². The van der Waals surface area contributed by atoms with Crippen molar-refractivity contribution >= 4 is 34.6 Å². The maximum atomic E-state index is 13.5. The molecule has 0 saturated carbocycles. The average molecular weight is 659 g/mol. The summed E-state index contributed by atoms with van der Waals surface area (Å²) in [5, 5.41) is 7.00. The molecule has 254 valence electrons. The second-order valence-electron chi connectivity index (χ2n) is 13.4. The van der Waals surface area contributed by atoms with E-state index in [0.717, 1.165) is 58.2 Å². The molecule has 2 amide bonds. The summed E-state index contributed by atoms with van der Waals surface area (Å²) in [5.41, 5.74) is 8.19.